The summed E-state index contributed by atoms with van der Waals surface area (Å²) in [6.45, 7) is 0. The van der Waals surface area contributed by atoms with Crippen LogP contribution in [0.3, 0.4) is 0 Å². The van der Waals surface area contributed by atoms with Crippen LogP contribution in [-0.4, -0.2) is 31.5 Å². The maximum absolute atomic E-state index is 5.22. The van der Waals surface area contributed by atoms with Crippen LogP contribution in [0.15, 0.2) is 18.3 Å². The van der Waals surface area contributed by atoms with Gasteiger partial charge in [0.1, 0.15) is 11.3 Å². The standard InChI is InChI=1S/C11H12N2O3/c1-14-9-4-7-8(5-10(9)15-2)13-12-6-11(7)16-3/h4-6H,1-3H3. The SMILES string of the molecule is COc1cc2nncc(OC)c2cc1OC. The third kappa shape index (κ3) is 1.60. The van der Waals surface area contributed by atoms with Crippen LogP contribution >= 0.6 is 0 Å². The molecule has 2 aromatic rings. The topological polar surface area (TPSA) is 53.5 Å². The molecule has 0 fully saturated rings. The highest BCUT2D eigenvalue weighted by Gasteiger charge is 2.10. The first-order valence-corrected chi connectivity index (χ1v) is 4.71. The van der Waals surface area contributed by atoms with Crippen LogP contribution in [0, 0.1) is 0 Å². The average Bonchev–Trinajstić information content (AvgIpc) is 2.36. The van der Waals surface area contributed by atoms with Gasteiger partial charge in [-0.15, -0.1) is 0 Å². The van der Waals surface area contributed by atoms with Crippen molar-refractivity contribution in [3.05, 3.63) is 18.3 Å². The zero-order chi connectivity index (χ0) is 11.5. The number of fused-ring (bicyclic) bond motifs is 1. The number of rotatable bonds is 3. The van der Waals surface area contributed by atoms with Gasteiger partial charge in [-0.2, -0.15) is 10.2 Å². The summed E-state index contributed by atoms with van der Waals surface area (Å²) in [6, 6.07) is 3.59. The Morgan fingerprint density at radius 2 is 1.50 bits per heavy atom. The Kier molecular flexibility index (Phi) is 2.76. The van der Waals surface area contributed by atoms with Crippen molar-refractivity contribution >= 4 is 10.9 Å². The van der Waals surface area contributed by atoms with Gasteiger partial charge in [0, 0.05) is 11.5 Å². The lowest BCUT2D eigenvalue weighted by Gasteiger charge is -2.09. The minimum absolute atomic E-state index is 0.623. The summed E-state index contributed by atoms with van der Waals surface area (Å²) >= 11 is 0. The molecule has 0 unspecified atom stereocenters. The average molecular weight is 220 g/mol. The second-order valence-corrected chi connectivity index (χ2v) is 3.14. The van der Waals surface area contributed by atoms with Crippen molar-refractivity contribution in [3.8, 4) is 17.2 Å². The molecule has 0 saturated heterocycles. The number of hydrogen-bond acceptors (Lipinski definition) is 5. The molecule has 84 valence electrons. The summed E-state index contributed by atoms with van der Waals surface area (Å²) in [4.78, 5) is 0. The summed E-state index contributed by atoms with van der Waals surface area (Å²) in [6.07, 6.45) is 1.56. The van der Waals surface area contributed by atoms with E-state index in [1.165, 1.54) is 0 Å². The van der Waals surface area contributed by atoms with Crippen LogP contribution < -0.4 is 14.2 Å². The Labute approximate surface area is 93.0 Å². The van der Waals surface area contributed by atoms with Crippen molar-refractivity contribution in [2.45, 2.75) is 0 Å². The van der Waals surface area contributed by atoms with E-state index in [0.29, 0.717) is 22.8 Å². The molecule has 0 atom stereocenters. The van der Waals surface area contributed by atoms with Gasteiger partial charge in [0.2, 0.25) is 0 Å². The van der Waals surface area contributed by atoms with Gasteiger partial charge in [0.15, 0.2) is 11.5 Å². The third-order valence-electron chi connectivity index (χ3n) is 2.33. The van der Waals surface area contributed by atoms with E-state index in [9.17, 15) is 0 Å². The van der Waals surface area contributed by atoms with Crippen LogP contribution in [0.4, 0.5) is 0 Å². The van der Waals surface area contributed by atoms with Gasteiger partial charge >= 0.3 is 0 Å². The van der Waals surface area contributed by atoms with Crippen molar-refractivity contribution in [1.29, 1.82) is 0 Å². The second-order valence-electron chi connectivity index (χ2n) is 3.14. The lowest BCUT2D eigenvalue weighted by Crippen LogP contribution is -1.94. The molecule has 0 N–H and O–H groups in total. The van der Waals surface area contributed by atoms with Gasteiger partial charge in [-0.05, 0) is 6.07 Å². The Hall–Kier alpha value is -2.04. The van der Waals surface area contributed by atoms with Crippen molar-refractivity contribution in [2.24, 2.45) is 0 Å². The highest BCUT2D eigenvalue weighted by Crippen LogP contribution is 2.34. The van der Waals surface area contributed by atoms with Gasteiger partial charge < -0.3 is 14.2 Å². The smallest absolute Gasteiger partial charge is 0.162 e. The van der Waals surface area contributed by atoms with Crippen molar-refractivity contribution in [1.82, 2.24) is 10.2 Å². The van der Waals surface area contributed by atoms with Crippen molar-refractivity contribution < 1.29 is 14.2 Å². The minimum Gasteiger partial charge on any atom is -0.494 e. The monoisotopic (exact) mass is 220 g/mol. The molecule has 2 rings (SSSR count). The number of hydrogen-bond donors (Lipinski definition) is 0. The minimum atomic E-state index is 0.623. The fourth-order valence-corrected chi connectivity index (χ4v) is 1.52. The molecule has 1 aromatic carbocycles. The van der Waals surface area contributed by atoms with E-state index < -0.39 is 0 Å². The van der Waals surface area contributed by atoms with Gasteiger partial charge in [0.05, 0.1) is 27.5 Å². The predicted octanol–water partition coefficient (Wildman–Crippen LogP) is 1.66. The first-order chi connectivity index (χ1) is 7.80. The molecule has 0 radical (unpaired) electrons. The molecular weight excluding hydrogens is 208 g/mol. The van der Waals surface area contributed by atoms with Crippen LogP contribution in [0.1, 0.15) is 0 Å². The molecule has 5 nitrogen and oxygen atoms in total. The van der Waals surface area contributed by atoms with Crippen molar-refractivity contribution in [2.75, 3.05) is 21.3 Å². The molecule has 0 saturated carbocycles. The normalized spacial score (nSPS) is 10.2. The summed E-state index contributed by atoms with van der Waals surface area (Å²) in [5.41, 5.74) is 0.706. The van der Waals surface area contributed by atoms with Gasteiger partial charge in [-0.3, -0.25) is 0 Å². The molecule has 0 aliphatic rings. The van der Waals surface area contributed by atoms with Crippen molar-refractivity contribution in [3.63, 3.8) is 0 Å². The van der Waals surface area contributed by atoms with Crippen LogP contribution in [0.2, 0.25) is 0 Å². The third-order valence-corrected chi connectivity index (χ3v) is 2.33. The lowest BCUT2D eigenvalue weighted by molar-refractivity contribution is 0.355. The molecule has 1 aromatic heterocycles. The maximum Gasteiger partial charge on any atom is 0.162 e. The molecule has 0 aliphatic heterocycles. The van der Waals surface area contributed by atoms with E-state index in [4.69, 9.17) is 14.2 Å². The Morgan fingerprint density at radius 1 is 0.875 bits per heavy atom. The van der Waals surface area contributed by atoms with Gasteiger partial charge in [0.25, 0.3) is 0 Å². The molecule has 5 heteroatoms. The highest BCUT2D eigenvalue weighted by molar-refractivity contribution is 5.87. The Balaban J connectivity index is 2.72. The van der Waals surface area contributed by atoms with E-state index in [-0.39, 0.29) is 0 Å². The van der Waals surface area contributed by atoms with Crippen LogP contribution in [0.25, 0.3) is 10.9 Å². The van der Waals surface area contributed by atoms with E-state index in [0.717, 1.165) is 5.39 Å². The zero-order valence-electron chi connectivity index (χ0n) is 9.35. The molecule has 1 heterocycles. The quantitative estimate of drug-likeness (QED) is 0.787. The van der Waals surface area contributed by atoms with E-state index in [1.54, 1.807) is 33.6 Å². The highest BCUT2D eigenvalue weighted by atomic mass is 16.5. The van der Waals surface area contributed by atoms with Crippen LogP contribution in [0.5, 0.6) is 17.2 Å². The molecule has 0 aliphatic carbocycles. The summed E-state index contributed by atoms with van der Waals surface area (Å²) in [5.74, 6) is 1.92. The summed E-state index contributed by atoms with van der Waals surface area (Å²) in [5, 5.41) is 8.69. The Morgan fingerprint density at radius 3 is 2.12 bits per heavy atom. The second kappa shape index (κ2) is 4.22. The molecule has 16 heavy (non-hydrogen) atoms. The van der Waals surface area contributed by atoms with E-state index >= 15 is 0 Å². The first kappa shape index (κ1) is 10.5. The Bertz CT molecular complexity index is 514. The maximum atomic E-state index is 5.22. The first-order valence-electron chi connectivity index (χ1n) is 4.71. The lowest BCUT2D eigenvalue weighted by atomic mass is 10.2. The molecule has 0 spiro atoms. The number of benzene rings is 1. The van der Waals surface area contributed by atoms with E-state index in [1.807, 2.05) is 6.07 Å². The largest absolute Gasteiger partial charge is 0.494 e. The number of methoxy groups -OCH3 is 3. The molecule has 0 amide bonds. The fourth-order valence-electron chi connectivity index (χ4n) is 1.52. The summed E-state index contributed by atoms with van der Waals surface area (Å²) in [7, 11) is 4.76. The predicted molar refractivity (Wildman–Crippen MR) is 59.2 cm³/mol. The number of nitrogens with zero attached hydrogens (tertiary/aromatic N) is 2. The fraction of sp³-hybridized carbons (Fsp3) is 0.273. The van der Waals surface area contributed by atoms with E-state index in [2.05, 4.69) is 10.2 Å². The number of ether oxygens (including phenoxy) is 3. The van der Waals surface area contributed by atoms with Gasteiger partial charge in [-0.1, -0.05) is 0 Å². The van der Waals surface area contributed by atoms with Crippen LogP contribution in [-0.2, 0) is 0 Å². The molecule has 0 bridgehead atoms. The van der Waals surface area contributed by atoms with Gasteiger partial charge in [-0.25, -0.2) is 0 Å². The molecular formula is C11H12N2O3. The number of aromatic nitrogens is 2. The zero-order valence-corrected chi connectivity index (χ0v) is 9.35. The summed E-state index contributed by atoms with van der Waals surface area (Å²) < 4.78 is 15.6.